The van der Waals surface area contributed by atoms with E-state index in [2.05, 4.69) is 5.32 Å². The molecule has 3 N–H and O–H groups in total. The minimum absolute atomic E-state index is 0. The Bertz CT molecular complexity index is 712. The number of methoxy groups -OCH3 is 1. The van der Waals surface area contributed by atoms with Crippen LogP contribution in [0.4, 0.5) is 0 Å². The van der Waals surface area contributed by atoms with E-state index in [0.717, 1.165) is 24.8 Å². The summed E-state index contributed by atoms with van der Waals surface area (Å²) in [7, 11) is -2.06. The maximum atomic E-state index is 13.1. The van der Waals surface area contributed by atoms with Crippen molar-refractivity contribution in [1.29, 1.82) is 0 Å². The molecule has 0 radical (unpaired) electrons. The van der Waals surface area contributed by atoms with Crippen molar-refractivity contribution in [1.82, 2.24) is 9.62 Å². The molecule has 148 valence electrons. The SMILES string of the molecule is COc1ccc(S(=O)(=O)N2CCCCC2CNC(=O)CCN)cc1C.Cl. The number of sulfonamides is 1. The van der Waals surface area contributed by atoms with Gasteiger partial charge in [-0.05, 0) is 43.5 Å². The number of nitrogens with one attached hydrogen (secondary N) is 1. The van der Waals surface area contributed by atoms with E-state index < -0.39 is 10.0 Å². The van der Waals surface area contributed by atoms with E-state index in [1.54, 1.807) is 25.3 Å². The Morgan fingerprint density at radius 2 is 2.12 bits per heavy atom. The summed E-state index contributed by atoms with van der Waals surface area (Å²) in [6.07, 6.45) is 2.75. The van der Waals surface area contributed by atoms with E-state index in [-0.39, 0.29) is 42.2 Å². The lowest BCUT2D eigenvalue weighted by Gasteiger charge is -2.34. The van der Waals surface area contributed by atoms with Crippen LogP contribution in [0.5, 0.6) is 5.75 Å². The number of hydrogen-bond donors (Lipinski definition) is 2. The molecule has 1 atom stereocenters. The van der Waals surface area contributed by atoms with Crippen molar-refractivity contribution < 1.29 is 17.9 Å². The molecule has 2 rings (SSSR count). The molecule has 0 aromatic heterocycles. The fourth-order valence-corrected chi connectivity index (χ4v) is 4.87. The molecule has 7 nitrogen and oxygen atoms in total. The topological polar surface area (TPSA) is 102 Å². The number of halogens is 1. The van der Waals surface area contributed by atoms with E-state index in [9.17, 15) is 13.2 Å². The average Bonchev–Trinajstić information content (AvgIpc) is 2.60. The molecule has 1 saturated heterocycles. The van der Waals surface area contributed by atoms with Crippen molar-refractivity contribution in [2.24, 2.45) is 5.73 Å². The number of rotatable bonds is 7. The van der Waals surface area contributed by atoms with Gasteiger partial charge in [0.15, 0.2) is 0 Å². The van der Waals surface area contributed by atoms with Gasteiger partial charge >= 0.3 is 0 Å². The Kier molecular flexibility index (Phi) is 8.82. The highest BCUT2D eigenvalue weighted by Crippen LogP contribution is 2.28. The second kappa shape index (κ2) is 10.1. The van der Waals surface area contributed by atoms with E-state index in [4.69, 9.17) is 10.5 Å². The Morgan fingerprint density at radius 3 is 2.73 bits per heavy atom. The first kappa shape index (κ1) is 22.7. The minimum atomic E-state index is -3.62. The molecule has 9 heteroatoms. The van der Waals surface area contributed by atoms with Crippen LogP contribution in [0.25, 0.3) is 0 Å². The molecule has 0 bridgehead atoms. The lowest BCUT2D eigenvalue weighted by Crippen LogP contribution is -2.49. The van der Waals surface area contributed by atoms with Crippen LogP contribution in [0.1, 0.15) is 31.2 Å². The normalized spacial score (nSPS) is 18.0. The van der Waals surface area contributed by atoms with Gasteiger partial charge < -0.3 is 15.8 Å². The molecular formula is C17H28ClN3O4S. The van der Waals surface area contributed by atoms with E-state index >= 15 is 0 Å². The van der Waals surface area contributed by atoms with Crippen molar-refractivity contribution in [2.75, 3.05) is 26.7 Å². The van der Waals surface area contributed by atoms with Gasteiger partial charge in [0.25, 0.3) is 0 Å². The van der Waals surface area contributed by atoms with Crippen molar-refractivity contribution in [3.63, 3.8) is 0 Å². The molecule has 1 fully saturated rings. The van der Waals surface area contributed by atoms with Crippen molar-refractivity contribution in [3.8, 4) is 5.75 Å². The first-order valence-electron chi connectivity index (χ1n) is 8.53. The number of carbonyl (C=O) groups is 1. The quantitative estimate of drug-likeness (QED) is 0.714. The number of hydrogen-bond acceptors (Lipinski definition) is 5. The van der Waals surface area contributed by atoms with Crippen LogP contribution >= 0.6 is 12.4 Å². The summed E-state index contributed by atoms with van der Waals surface area (Å²) in [6, 6.07) is 4.64. The lowest BCUT2D eigenvalue weighted by molar-refractivity contribution is -0.121. The fraction of sp³-hybridized carbons (Fsp3) is 0.588. The number of carbonyl (C=O) groups excluding carboxylic acids is 1. The summed E-state index contributed by atoms with van der Waals surface area (Å²) >= 11 is 0. The van der Waals surface area contributed by atoms with Crippen LogP contribution in [0.2, 0.25) is 0 Å². The number of amides is 1. The van der Waals surface area contributed by atoms with Crippen LogP contribution in [-0.2, 0) is 14.8 Å². The van der Waals surface area contributed by atoms with Crippen LogP contribution in [0.3, 0.4) is 0 Å². The van der Waals surface area contributed by atoms with Gasteiger partial charge in [-0.15, -0.1) is 12.4 Å². The number of benzene rings is 1. The number of nitrogens with two attached hydrogens (primary N) is 1. The summed E-state index contributed by atoms with van der Waals surface area (Å²) in [5, 5.41) is 2.79. The van der Waals surface area contributed by atoms with Crippen molar-refractivity contribution in [3.05, 3.63) is 23.8 Å². The maximum Gasteiger partial charge on any atom is 0.243 e. The van der Waals surface area contributed by atoms with Gasteiger partial charge in [-0.1, -0.05) is 6.42 Å². The molecule has 1 aliphatic rings. The van der Waals surface area contributed by atoms with Gasteiger partial charge in [-0.25, -0.2) is 8.42 Å². The smallest absolute Gasteiger partial charge is 0.243 e. The first-order chi connectivity index (χ1) is 11.9. The first-order valence-corrected chi connectivity index (χ1v) is 9.97. The zero-order valence-corrected chi connectivity index (χ0v) is 16.9. The van der Waals surface area contributed by atoms with Crippen LogP contribution in [-0.4, -0.2) is 51.4 Å². The molecule has 0 spiro atoms. The van der Waals surface area contributed by atoms with Gasteiger partial charge in [0.1, 0.15) is 5.75 Å². The Hall–Kier alpha value is -1.35. The standard InChI is InChI=1S/C17H27N3O4S.ClH/c1-13-11-15(6-7-16(13)24-2)25(22,23)20-10-4-3-5-14(20)12-19-17(21)8-9-18;/h6-7,11,14H,3-5,8-10,12,18H2,1-2H3,(H,19,21);1H. The molecular weight excluding hydrogens is 378 g/mol. The predicted molar refractivity (Wildman–Crippen MR) is 103 cm³/mol. The van der Waals surface area contributed by atoms with E-state index in [1.807, 2.05) is 6.92 Å². The third kappa shape index (κ3) is 5.33. The molecule has 1 aromatic carbocycles. The zero-order valence-electron chi connectivity index (χ0n) is 15.2. The summed E-state index contributed by atoms with van der Waals surface area (Å²) < 4.78 is 32.9. The van der Waals surface area contributed by atoms with Crippen molar-refractivity contribution in [2.45, 2.75) is 43.5 Å². The molecule has 1 aromatic rings. The highest BCUT2D eigenvalue weighted by Gasteiger charge is 2.33. The monoisotopic (exact) mass is 405 g/mol. The fourth-order valence-electron chi connectivity index (χ4n) is 3.09. The van der Waals surface area contributed by atoms with Gasteiger partial charge in [-0.3, -0.25) is 4.79 Å². The van der Waals surface area contributed by atoms with E-state index in [1.165, 1.54) is 4.31 Å². The van der Waals surface area contributed by atoms with Crippen LogP contribution in [0, 0.1) is 6.92 Å². The maximum absolute atomic E-state index is 13.1. The Labute approximate surface area is 161 Å². The van der Waals surface area contributed by atoms with Crippen LogP contribution in [0.15, 0.2) is 23.1 Å². The van der Waals surface area contributed by atoms with Crippen LogP contribution < -0.4 is 15.8 Å². The molecule has 1 amide bonds. The third-order valence-corrected chi connectivity index (χ3v) is 6.40. The number of piperidine rings is 1. The zero-order chi connectivity index (χ0) is 18.4. The summed E-state index contributed by atoms with van der Waals surface area (Å²) in [6.45, 7) is 2.88. The second-order valence-corrected chi connectivity index (χ2v) is 8.13. The van der Waals surface area contributed by atoms with Gasteiger partial charge in [0.05, 0.1) is 12.0 Å². The Balaban J connectivity index is 0.00000338. The molecule has 0 aliphatic carbocycles. The molecule has 1 unspecified atom stereocenters. The van der Waals surface area contributed by atoms with Crippen molar-refractivity contribution >= 4 is 28.3 Å². The molecule has 1 aliphatic heterocycles. The molecule has 1 heterocycles. The highest BCUT2D eigenvalue weighted by molar-refractivity contribution is 7.89. The summed E-state index contributed by atoms with van der Waals surface area (Å²) in [4.78, 5) is 11.9. The third-order valence-electron chi connectivity index (χ3n) is 4.45. The predicted octanol–water partition coefficient (Wildman–Crippen LogP) is 1.43. The number of ether oxygens (including phenoxy) is 1. The average molecular weight is 406 g/mol. The number of aryl methyl sites for hydroxylation is 1. The molecule has 26 heavy (non-hydrogen) atoms. The van der Waals surface area contributed by atoms with Gasteiger partial charge in [0, 0.05) is 32.1 Å². The number of nitrogens with zero attached hydrogens (tertiary/aromatic N) is 1. The molecule has 0 saturated carbocycles. The van der Waals surface area contributed by atoms with Gasteiger partial charge in [-0.2, -0.15) is 4.31 Å². The second-order valence-electron chi connectivity index (χ2n) is 6.24. The summed E-state index contributed by atoms with van der Waals surface area (Å²) in [5.41, 5.74) is 6.14. The lowest BCUT2D eigenvalue weighted by atomic mass is 10.1. The summed E-state index contributed by atoms with van der Waals surface area (Å²) in [5.74, 6) is 0.508. The van der Waals surface area contributed by atoms with E-state index in [0.29, 0.717) is 18.8 Å². The Morgan fingerprint density at radius 1 is 1.38 bits per heavy atom. The van der Waals surface area contributed by atoms with Gasteiger partial charge in [0.2, 0.25) is 15.9 Å². The largest absolute Gasteiger partial charge is 0.496 e. The highest BCUT2D eigenvalue weighted by atomic mass is 35.5. The minimum Gasteiger partial charge on any atom is -0.496 e.